The van der Waals surface area contributed by atoms with Crippen molar-refractivity contribution in [3.63, 3.8) is 0 Å². The number of nitrogens with zero attached hydrogens (tertiary/aromatic N) is 3. The van der Waals surface area contributed by atoms with Crippen LogP contribution in [0, 0.1) is 6.92 Å². The summed E-state index contributed by atoms with van der Waals surface area (Å²) < 4.78 is 1.67. The van der Waals surface area contributed by atoms with E-state index in [1.54, 1.807) is 4.68 Å². The third kappa shape index (κ3) is 3.85. The highest BCUT2D eigenvalue weighted by Crippen LogP contribution is 2.34. The summed E-state index contributed by atoms with van der Waals surface area (Å²) in [5.74, 6) is 0.681. The summed E-state index contributed by atoms with van der Waals surface area (Å²) in [6.07, 6.45) is 3.63. The number of carbonyl (C=O) groups is 1. The van der Waals surface area contributed by atoms with Crippen LogP contribution in [-0.2, 0) is 13.5 Å². The molecule has 2 N–H and O–H groups in total. The molecule has 0 aliphatic heterocycles. The highest BCUT2D eigenvalue weighted by Gasteiger charge is 2.29. The number of urea groups is 1. The van der Waals surface area contributed by atoms with Crippen LogP contribution in [0.4, 0.5) is 10.6 Å². The molecular formula is C19H26N4O2. The first-order chi connectivity index (χ1) is 12.1. The van der Waals surface area contributed by atoms with Crippen molar-refractivity contribution in [2.45, 2.75) is 38.6 Å². The van der Waals surface area contributed by atoms with E-state index in [0.29, 0.717) is 18.8 Å². The Morgan fingerprint density at radius 2 is 2.24 bits per heavy atom. The summed E-state index contributed by atoms with van der Waals surface area (Å²) in [5.41, 5.74) is 3.41. The lowest BCUT2D eigenvalue weighted by atomic mass is 9.87. The molecule has 0 radical (unpaired) electrons. The van der Waals surface area contributed by atoms with Crippen molar-refractivity contribution in [1.29, 1.82) is 0 Å². The van der Waals surface area contributed by atoms with Crippen molar-refractivity contribution in [2.75, 3.05) is 18.5 Å². The molecule has 1 aliphatic rings. The number of hydrogen-bond acceptors (Lipinski definition) is 3. The standard InChI is InChI=1S/C19H26N4O2/c1-14-13-18(22(2)21-14)20-19(25)23(11-6-12-24)17-10-5-8-15-7-3-4-9-16(15)17/h3-4,7,9,13,17,24H,5-6,8,10-12H2,1-2H3,(H,20,25). The number of benzene rings is 1. The van der Waals surface area contributed by atoms with Crippen LogP contribution >= 0.6 is 0 Å². The molecule has 1 aromatic carbocycles. The lowest BCUT2D eigenvalue weighted by Crippen LogP contribution is -2.40. The molecule has 134 valence electrons. The summed E-state index contributed by atoms with van der Waals surface area (Å²) >= 11 is 0. The summed E-state index contributed by atoms with van der Waals surface area (Å²) in [7, 11) is 1.82. The van der Waals surface area contributed by atoms with Gasteiger partial charge < -0.3 is 10.0 Å². The number of aliphatic hydroxyl groups is 1. The molecule has 1 atom stereocenters. The van der Waals surface area contributed by atoms with Gasteiger partial charge in [0.25, 0.3) is 0 Å². The van der Waals surface area contributed by atoms with Gasteiger partial charge in [0, 0.05) is 26.3 Å². The van der Waals surface area contributed by atoms with Gasteiger partial charge in [0.2, 0.25) is 0 Å². The minimum atomic E-state index is -0.141. The van der Waals surface area contributed by atoms with Crippen molar-refractivity contribution >= 4 is 11.8 Å². The Morgan fingerprint density at radius 1 is 1.44 bits per heavy atom. The fourth-order valence-electron chi connectivity index (χ4n) is 3.60. The number of hydrogen-bond donors (Lipinski definition) is 2. The summed E-state index contributed by atoms with van der Waals surface area (Å²) in [4.78, 5) is 14.8. The molecule has 2 aromatic rings. The predicted molar refractivity (Wildman–Crippen MR) is 97.5 cm³/mol. The lowest BCUT2D eigenvalue weighted by molar-refractivity contribution is 0.169. The van der Waals surface area contributed by atoms with Crippen molar-refractivity contribution in [3.8, 4) is 0 Å². The van der Waals surface area contributed by atoms with Crippen LogP contribution < -0.4 is 5.32 Å². The summed E-state index contributed by atoms with van der Waals surface area (Å²) in [6.45, 7) is 2.50. The number of fused-ring (bicyclic) bond motifs is 1. The van der Waals surface area contributed by atoms with E-state index in [1.807, 2.05) is 31.0 Å². The largest absolute Gasteiger partial charge is 0.396 e. The Morgan fingerprint density at radius 3 is 2.96 bits per heavy atom. The molecule has 2 amide bonds. The van der Waals surface area contributed by atoms with E-state index in [2.05, 4.69) is 28.6 Å². The quantitative estimate of drug-likeness (QED) is 0.877. The number of aromatic nitrogens is 2. The van der Waals surface area contributed by atoms with Crippen LogP contribution in [0.15, 0.2) is 30.3 Å². The first-order valence-corrected chi connectivity index (χ1v) is 8.87. The SMILES string of the molecule is Cc1cc(NC(=O)N(CCCO)C2CCCc3ccccc32)n(C)n1. The van der Waals surface area contributed by atoms with Gasteiger partial charge in [-0.2, -0.15) is 5.10 Å². The van der Waals surface area contributed by atoms with Crippen LogP contribution in [0.25, 0.3) is 0 Å². The fraction of sp³-hybridized carbons (Fsp3) is 0.474. The molecule has 0 bridgehead atoms. The van der Waals surface area contributed by atoms with Crippen LogP contribution in [0.1, 0.15) is 42.1 Å². The second-order valence-electron chi connectivity index (χ2n) is 6.60. The predicted octanol–water partition coefficient (Wildman–Crippen LogP) is 3.02. The molecule has 0 saturated carbocycles. The number of rotatable bonds is 5. The van der Waals surface area contributed by atoms with E-state index in [4.69, 9.17) is 0 Å². The normalized spacial score (nSPS) is 16.4. The van der Waals surface area contributed by atoms with E-state index in [1.165, 1.54) is 11.1 Å². The third-order valence-corrected chi connectivity index (χ3v) is 4.77. The number of aliphatic hydroxyl groups excluding tert-OH is 1. The molecule has 1 aromatic heterocycles. The van der Waals surface area contributed by atoms with Gasteiger partial charge in [-0.1, -0.05) is 24.3 Å². The molecule has 6 heteroatoms. The zero-order valence-corrected chi connectivity index (χ0v) is 14.9. The van der Waals surface area contributed by atoms with Gasteiger partial charge in [-0.25, -0.2) is 4.79 Å². The molecule has 0 saturated heterocycles. The van der Waals surface area contributed by atoms with E-state index in [0.717, 1.165) is 25.0 Å². The maximum absolute atomic E-state index is 13.0. The molecular weight excluding hydrogens is 316 g/mol. The number of nitrogens with one attached hydrogen (secondary N) is 1. The molecule has 1 aliphatic carbocycles. The first-order valence-electron chi connectivity index (χ1n) is 8.87. The highest BCUT2D eigenvalue weighted by atomic mass is 16.3. The average Bonchev–Trinajstić information content (AvgIpc) is 2.92. The van der Waals surface area contributed by atoms with Crippen molar-refractivity contribution in [2.24, 2.45) is 7.05 Å². The molecule has 3 rings (SSSR count). The Kier molecular flexibility index (Phi) is 5.38. The van der Waals surface area contributed by atoms with Gasteiger partial charge in [-0.15, -0.1) is 0 Å². The van der Waals surface area contributed by atoms with Gasteiger partial charge in [-0.3, -0.25) is 10.00 Å². The van der Waals surface area contributed by atoms with Crippen LogP contribution in [0.3, 0.4) is 0 Å². The molecule has 1 unspecified atom stereocenters. The molecule has 0 spiro atoms. The van der Waals surface area contributed by atoms with Crippen LogP contribution in [0.2, 0.25) is 0 Å². The highest BCUT2D eigenvalue weighted by molar-refractivity contribution is 5.88. The molecule has 0 fully saturated rings. The summed E-state index contributed by atoms with van der Waals surface area (Å²) in [6, 6.07) is 10.1. The zero-order chi connectivity index (χ0) is 17.8. The number of anilines is 1. The zero-order valence-electron chi connectivity index (χ0n) is 14.9. The average molecular weight is 342 g/mol. The van der Waals surface area contributed by atoms with Crippen molar-refractivity contribution < 1.29 is 9.90 Å². The topological polar surface area (TPSA) is 70.4 Å². The number of amides is 2. The Labute approximate surface area is 148 Å². The maximum atomic E-state index is 13.0. The molecule has 6 nitrogen and oxygen atoms in total. The monoisotopic (exact) mass is 342 g/mol. The van der Waals surface area contributed by atoms with E-state index >= 15 is 0 Å². The second-order valence-corrected chi connectivity index (χ2v) is 6.60. The minimum Gasteiger partial charge on any atom is -0.396 e. The number of carbonyl (C=O) groups excluding carboxylic acids is 1. The minimum absolute atomic E-state index is 0.0471. The second kappa shape index (κ2) is 7.70. The number of aryl methyl sites for hydroxylation is 3. The lowest BCUT2D eigenvalue weighted by Gasteiger charge is -2.36. The van der Waals surface area contributed by atoms with Crippen LogP contribution in [-0.4, -0.2) is 39.0 Å². The smallest absolute Gasteiger partial charge is 0.323 e. The van der Waals surface area contributed by atoms with Crippen molar-refractivity contribution in [3.05, 3.63) is 47.2 Å². The Hall–Kier alpha value is -2.34. The fourth-order valence-corrected chi connectivity index (χ4v) is 3.60. The van der Waals surface area contributed by atoms with E-state index < -0.39 is 0 Å². The van der Waals surface area contributed by atoms with Gasteiger partial charge in [0.1, 0.15) is 5.82 Å². The first kappa shape index (κ1) is 17.5. The van der Waals surface area contributed by atoms with Crippen LogP contribution in [0.5, 0.6) is 0 Å². The van der Waals surface area contributed by atoms with Gasteiger partial charge >= 0.3 is 6.03 Å². The van der Waals surface area contributed by atoms with E-state index in [9.17, 15) is 9.90 Å². The van der Waals surface area contributed by atoms with Gasteiger partial charge in [0.15, 0.2) is 0 Å². The maximum Gasteiger partial charge on any atom is 0.323 e. The molecule has 1 heterocycles. The van der Waals surface area contributed by atoms with Gasteiger partial charge in [-0.05, 0) is 43.7 Å². The summed E-state index contributed by atoms with van der Waals surface area (Å²) in [5, 5.41) is 16.5. The van der Waals surface area contributed by atoms with Gasteiger partial charge in [0.05, 0.1) is 11.7 Å². The Bertz CT molecular complexity index is 741. The Balaban J connectivity index is 1.84. The van der Waals surface area contributed by atoms with Crippen molar-refractivity contribution in [1.82, 2.24) is 14.7 Å². The third-order valence-electron chi connectivity index (χ3n) is 4.77. The van der Waals surface area contributed by atoms with E-state index in [-0.39, 0.29) is 18.7 Å². The molecule has 25 heavy (non-hydrogen) atoms.